The summed E-state index contributed by atoms with van der Waals surface area (Å²) < 4.78 is 22.3. The molecular weight excluding hydrogens is 309 g/mol. The fraction of sp³-hybridized carbons (Fsp3) is 0.417. The van der Waals surface area contributed by atoms with Crippen LogP contribution in [0.25, 0.3) is 0 Å². The molecule has 106 valence electrons. The number of rotatable bonds is 5. The van der Waals surface area contributed by atoms with Crippen molar-refractivity contribution in [2.24, 2.45) is 0 Å². The highest BCUT2D eigenvalue weighted by molar-refractivity contribution is 7.93. The standard InChI is InChI=1S/C12H15Cl2NO3S/c1-3-19(17,18)12(2,8-13)11(16)15-10-6-4-9(14)5-7-10/h4-7H,3,8H2,1-2H3,(H,15,16)/t12-/m1/s1. The van der Waals surface area contributed by atoms with Gasteiger partial charge in [-0.1, -0.05) is 18.5 Å². The zero-order valence-corrected chi connectivity index (χ0v) is 12.9. The van der Waals surface area contributed by atoms with Crippen LogP contribution in [0.3, 0.4) is 0 Å². The first-order valence-corrected chi connectivity index (χ1v) is 8.18. The van der Waals surface area contributed by atoms with Gasteiger partial charge in [-0.3, -0.25) is 4.79 Å². The van der Waals surface area contributed by atoms with Crippen LogP contribution in [0, 0.1) is 0 Å². The molecule has 0 aromatic heterocycles. The summed E-state index contributed by atoms with van der Waals surface area (Å²) in [4.78, 5) is 12.1. The molecule has 1 rings (SSSR count). The Bertz CT molecular complexity index is 557. The van der Waals surface area contributed by atoms with Crippen LogP contribution < -0.4 is 5.32 Å². The van der Waals surface area contributed by atoms with Gasteiger partial charge in [-0.25, -0.2) is 8.42 Å². The summed E-state index contributed by atoms with van der Waals surface area (Å²) in [5.74, 6) is -1.10. The van der Waals surface area contributed by atoms with Crippen molar-refractivity contribution < 1.29 is 13.2 Å². The molecule has 0 fully saturated rings. The van der Waals surface area contributed by atoms with E-state index >= 15 is 0 Å². The number of alkyl halides is 1. The summed E-state index contributed by atoms with van der Waals surface area (Å²) in [5, 5.41) is 3.07. The fourth-order valence-electron chi connectivity index (χ4n) is 1.40. The number of hydrogen-bond donors (Lipinski definition) is 1. The average molecular weight is 324 g/mol. The van der Waals surface area contributed by atoms with E-state index in [1.807, 2.05) is 0 Å². The number of nitrogens with one attached hydrogen (secondary N) is 1. The van der Waals surface area contributed by atoms with Crippen molar-refractivity contribution in [1.29, 1.82) is 0 Å². The van der Waals surface area contributed by atoms with Crippen LogP contribution in [0.4, 0.5) is 5.69 Å². The summed E-state index contributed by atoms with van der Waals surface area (Å²) in [6.45, 7) is 2.81. The Labute approximate surface area is 123 Å². The molecule has 0 heterocycles. The van der Waals surface area contributed by atoms with Crippen LogP contribution in [0.2, 0.25) is 5.02 Å². The maximum atomic E-state index is 12.1. The van der Waals surface area contributed by atoms with Gasteiger partial charge in [0.05, 0.1) is 5.88 Å². The molecule has 1 atom stereocenters. The molecule has 0 saturated heterocycles. The van der Waals surface area contributed by atoms with Crippen molar-refractivity contribution in [2.75, 3.05) is 16.9 Å². The van der Waals surface area contributed by atoms with Crippen molar-refractivity contribution in [1.82, 2.24) is 0 Å². The summed E-state index contributed by atoms with van der Waals surface area (Å²) >= 11 is 11.4. The van der Waals surface area contributed by atoms with Gasteiger partial charge in [0.1, 0.15) is 0 Å². The summed E-state index contributed by atoms with van der Waals surface area (Å²) in [7, 11) is -3.61. The number of carbonyl (C=O) groups is 1. The van der Waals surface area contributed by atoms with Crippen molar-refractivity contribution in [3.63, 3.8) is 0 Å². The number of sulfone groups is 1. The zero-order chi connectivity index (χ0) is 14.7. The lowest BCUT2D eigenvalue weighted by molar-refractivity contribution is -0.117. The normalized spacial score (nSPS) is 14.7. The molecule has 1 aromatic carbocycles. The lowest BCUT2D eigenvalue weighted by Gasteiger charge is -2.25. The summed E-state index contributed by atoms with van der Waals surface area (Å²) in [6.07, 6.45) is 0. The van der Waals surface area contributed by atoms with Crippen molar-refractivity contribution >= 4 is 44.6 Å². The highest BCUT2D eigenvalue weighted by Crippen LogP contribution is 2.23. The number of benzene rings is 1. The van der Waals surface area contributed by atoms with Gasteiger partial charge < -0.3 is 5.32 Å². The van der Waals surface area contributed by atoms with Crippen molar-refractivity contribution in [3.05, 3.63) is 29.3 Å². The van der Waals surface area contributed by atoms with Crippen molar-refractivity contribution in [2.45, 2.75) is 18.6 Å². The molecule has 0 aliphatic heterocycles. The second-order valence-electron chi connectivity index (χ2n) is 4.23. The van der Waals surface area contributed by atoms with E-state index < -0.39 is 20.5 Å². The van der Waals surface area contributed by atoms with Gasteiger partial charge in [-0.2, -0.15) is 0 Å². The summed E-state index contributed by atoms with van der Waals surface area (Å²) in [5.41, 5.74) is 0.469. The van der Waals surface area contributed by atoms with Crippen molar-refractivity contribution in [3.8, 4) is 0 Å². The molecule has 1 N–H and O–H groups in total. The average Bonchev–Trinajstić information content (AvgIpc) is 2.40. The molecule has 0 radical (unpaired) electrons. The largest absolute Gasteiger partial charge is 0.325 e. The minimum atomic E-state index is -3.61. The number of hydrogen-bond acceptors (Lipinski definition) is 3. The van der Waals surface area contributed by atoms with E-state index in [4.69, 9.17) is 23.2 Å². The van der Waals surface area contributed by atoms with Gasteiger partial charge in [0.2, 0.25) is 5.91 Å². The molecule has 1 aromatic rings. The molecular formula is C12H15Cl2NO3S. The third-order valence-electron chi connectivity index (χ3n) is 2.90. The molecule has 0 bridgehead atoms. The van der Waals surface area contributed by atoms with Crippen LogP contribution >= 0.6 is 23.2 Å². The maximum absolute atomic E-state index is 12.1. The van der Waals surface area contributed by atoms with E-state index in [1.54, 1.807) is 24.3 Å². The minimum Gasteiger partial charge on any atom is -0.325 e. The fourth-order valence-corrected chi connectivity index (χ4v) is 3.28. The first-order valence-electron chi connectivity index (χ1n) is 5.62. The van der Waals surface area contributed by atoms with Gasteiger partial charge in [0.15, 0.2) is 14.6 Å². The SMILES string of the molecule is CCS(=O)(=O)[C@](C)(CCl)C(=O)Nc1ccc(Cl)cc1. The van der Waals surface area contributed by atoms with Gasteiger partial charge in [0.25, 0.3) is 0 Å². The molecule has 0 saturated carbocycles. The second kappa shape index (κ2) is 6.11. The van der Waals surface area contributed by atoms with Crippen LogP contribution in [0.5, 0.6) is 0 Å². The molecule has 4 nitrogen and oxygen atoms in total. The quantitative estimate of drug-likeness (QED) is 0.847. The lowest BCUT2D eigenvalue weighted by atomic mass is 10.2. The minimum absolute atomic E-state index is 0.149. The van der Waals surface area contributed by atoms with Crippen LogP contribution in [-0.4, -0.2) is 30.7 Å². The van der Waals surface area contributed by atoms with Crippen LogP contribution in [0.15, 0.2) is 24.3 Å². The molecule has 0 aliphatic carbocycles. The molecule has 1 amide bonds. The van der Waals surface area contributed by atoms with Gasteiger partial charge in [-0.15, -0.1) is 11.6 Å². The van der Waals surface area contributed by atoms with Gasteiger partial charge in [-0.05, 0) is 31.2 Å². The highest BCUT2D eigenvalue weighted by atomic mass is 35.5. The van der Waals surface area contributed by atoms with E-state index in [2.05, 4.69) is 5.32 Å². The van der Waals surface area contributed by atoms with E-state index in [9.17, 15) is 13.2 Å². The predicted octanol–water partition coefficient (Wildman–Crippen LogP) is 2.71. The Balaban J connectivity index is 3.01. The number of carbonyl (C=O) groups excluding carboxylic acids is 1. The Kier molecular flexibility index (Phi) is 5.24. The second-order valence-corrected chi connectivity index (χ2v) is 7.64. The Morgan fingerprint density at radius 1 is 1.32 bits per heavy atom. The topological polar surface area (TPSA) is 63.2 Å². The Morgan fingerprint density at radius 2 is 1.84 bits per heavy atom. The predicted molar refractivity (Wildman–Crippen MR) is 78.7 cm³/mol. The molecule has 0 aliphatic rings. The third kappa shape index (κ3) is 3.41. The number of anilines is 1. The molecule has 0 spiro atoms. The van der Waals surface area contributed by atoms with E-state index in [1.165, 1.54) is 13.8 Å². The van der Waals surface area contributed by atoms with Crippen LogP contribution in [0.1, 0.15) is 13.8 Å². The Morgan fingerprint density at radius 3 is 2.26 bits per heavy atom. The van der Waals surface area contributed by atoms with Crippen LogP contribution in [-0.2, 0) is 14.6 Å². The van der Waals surface area contributed by atoms with Gasteiger partial charge >= 0.3 is 0 Å². The molecule has 7 heteroatoms. The monoisotopic (exact) mass is 323 g/mol. The maximum Gasteiger partial charge on any atom is 0.246 e. The third-order valence-corrected chi connectivity index (χ3v) is 6.31. The first-order chi connectivity index (χ1) is 8.76. The Hall–Kier alpha value is -0.780. The van der Waals surface area contributed by atoms with Gasteiger partial charge in [0, 0.05) is 16.5 Å². The molecule has 0 unspecified atom stereocenters. The number of halogens is 2. The first kappa shape index (κ1) is 16.3. The highest BCUT2D eigenvalue weighted by Gasteiger charge is 2.44. The molecule has 19 heavy (non-hydrogen) atoms. The lowest BCUT2D eigenvalue weighted by Crippen LogP contribution is -2.49. The van der Waals surface area contributed by atoms with E-state index in [-0.39, 0.29) is 11.6 Å². The van der Waals surface area contributed by atoms with E-state index in [0.29, 0.717) is 10.7 Å². The van der Waals surface area contributed by atoms with E-state index in [0.717, 1.165) is 0 Å². The number of amides is 1. The smallest absolute Gasteiger partial charge is 0.246 e. The zero-order valence-electron chi connectivity index (χ0n) is 10.6. The summed E-state index contributed by atoms with van der Waals surface area (Å²) in [6, 6.07) is 6.38.